The Balaban J connectivity index is 1.97. The number of Topliss-reactive ketones (excluding diaryl/α,β-unsaturated/α-hetero) is 1. The average molecular weight is 196 g/mol. The third kappa shape index (κ3) is 1.77. The zero-order valence-corrected chi connectivity index (χ0v) is 8.38. The Labute approximate surface area is 81.5 Å². The molecule has 0 bridgehead atoms. The molecule has 70 valence electrons. The number of thioether (sulfide) groups is 1. The molecule has 1 aromatic rings. The summed E-state index contributed by atoms with van der Waals surface area (Å²) in [7, 11) is 1.92. The zero-order chi connectivity index (χ0) is 9.26. The first kappa shape index (κ1) is 8.81. The molecule has 0 amide bonds. The second-order valence-corrected chi connectivity index (χ2v) is 4.41. The van der Waals surface area contributed by atoms with Gasteiger partial charge in [-0.2, -0.15) is 11.8 Å². The van der Waals surface area contributed by atoms with E-state index in [0.717, 1.165) is 17.3 Å². The second kappa shape index (κ2) is 3.54. The first-order valence-corrected chi connectivity index (χ1v) is 5.49. The summed E-state index contributed by atoms with van der Waals surface area (Å²) >= 11 is 1.84. The number of carbonyl (C=O) groups excluding carboxylic acids is 1. The molecule has 2 heterocycles. The minimum Gasteiger partial charge on any atom is -0.338 e. The van der Waals surface area contributed by atoms with Crippen LogP contribution >= 0.6 is 11.8 Å². The fraction of sp³-hybridized carbons (Fsp3) is 0.556. The summed E-state index contributed by atoms with van der Waals surface area (Å²) in [5.41, 5.74) is 0. The van der Waals surface area contributed by atoms with E-state index in [9.17, 15) is 4.79 Å². The van der Waals surface area contributed by atoms with Gasteiger partial charge < -0.3 is 4.57 Å². The van der Waals surface area contributed by atoms with Crippen molar-refractivity contribution in [1.29, 1.82) is 0 Å². The lowest BCUT2D eigenvalue weighted by Crippen LogP contribution is -2.29. The number of imidazole rings is 1. The van der Waals surface area contributed by atoms with Crippen molar-refractivity contribution < 1.29 is 4.79 Å². The third-order valence-electron chi connectivity index (χ3n) is 2.35. The van der Waals surface area contributed by atoms with E-state index < -0.39 is 0 Å². The molecule has 0 saturated carbocycles. The highest BCUT2D eigenvalue weighted by atomic mass is 32.2. The molecule has 0 aliphatic carbocycles. The highest BCUT2D eigenvalue weighted by Crippen LogP contribution is 2.26. The summed E-state index contributed by atoms with van der Waals surface area (Å²) in [6.07, 6.45) is 4.10. The smallest absolute Gasteiger partial charge is 0.145 e. The van der Waals surface area contributed by atoms with E-state index in [1.165, 1.54) is 0 Å². The topological polar surface area (TPSA) is 34.9 Å². The van der Waals surface area contributed by atoms with E-state index in [4.69, 9.17) is 0 Å². The maximum absolute atomic E-state index is 11.6. The number of rotatable bonds is 3. The van der Waals surface area contributed by atoms with Crippen LogP contribution < -0.4 is 0 Å². The number of hydrogen-bond donors (Lipinski definition) is 0. The molecule has 2 rings (SSSR count). The van der Waals surface area contributed by atoms with E-state index in [1.807, 2.05) is 29.6 Å². The molecule has 0 aromatic carbocycles. The van der Waals surface area contributed by atoms with Crippen LogP contribution in [-0.2, 0) is 18.3 Å². The van der Waals surface area contributed by atoms with Crippen LogP contribution in [0.1, 0.15) is 5.82 Å². The summed E-state index contributed by atoms with van der Waals surface area (Å²) in [6.45, 7) is 0. The Hall–Kier alpha value is -0.770. The third-order valence-corrected chi connectivity index (χ3v) is 3.62. The van der Waals surface area contributed by atoms with Crippen LogP contribution in [-0.4, -0.2) is 26.8 Å². The van der Waals surface area contributed by atoms with Crippen molar-refractivity contribution in [2.75, 3.05) is 11.5 Å². The maximum atomic E-state index is 11.6. The number of carbonyl (C=O) groups is 1. The van der Waals surface area contributed by atoms with Crippen LogP contribution in [0.25, 0.3) is 0 Å². The highest BCUT2D eigenvalue weighted by Gasteiger charge is 2.26. The van der Waals surface area contributed by atoms with Gasteiger partial charge in [0.05, 0.1) is 6.42 Å². The minimum absolute atomic E-state index is 0.293. The summed E-state index contributed by atoms with van der Waals surface area (Å²) in [5, 5.41) is 0. The quantitative estimate of drug-likeness (QED) is 0.720. The Bertz CT molecular complexity index is 317. The van der Waals surface area contributed by atoms with Gasteiger partial charge in [0.15, 0.2) is 0 Å². The molecular weight excluding hydrogens is 184 g/mol. The summed E-state index contributed by atoms with van der Waals surface area (Å²) in [6, 6.07) is 0. The van der Waals surface area contributed by atoms with Crippen molar-refractivity contribution in [3.8, 4) is 0 Å². The van der Waals surface area contributed by atoms with Crippen molar-refractivity contribution in [1.82, 2.24) is 9.55 Å². The fourth-order valence-electron chi connectivity index (χ4n) is 1.29. The molecule has 0 spiro atoms. The predicted molar refractivity (Wildman–Crippen MR) is 52.7 cm³/mol. The van der Waals surface area contributed by atoms with Crippen molar-refractivity contribution >= 4 is 17.5 Å². The van der Waals surface area contributed by atoms with Crippen molar-refractivity contribution in [2.45, 2.75) is 6.42 Å². The van der Waals surface area contributed by atoms with Crippen LogP contribution in [0.2, 0.25) is 0 Å². The van der Waals surface area contributed by atoms with E-state index in [2.05, 4.69) is 4.98 Å². The number of nitrogens with zero attached hydrogens (tertiary/aromatic N) is 2. The lowest BCUT2D eigenvalue weighted by atomic mass is 10.1. The van der Waals surface area contributed by atoms with Gasteiger partial charge in [0.25, 0.3) is 0 Å². The van der Waals surface area contributed by atoms with Gasteiger partial charge in [-0.05, 0) is 0 Å². The standard InChI is InChI=1S/C9H12N2OS/c1-11-3-2-10-9(11)4-8(12)7-5-13-6-7/h2-3,7H,4-6H2,1H3. The second-order valence-electron chi connectivity index (χ2n) is 3.33. The molecule has 1 aliphatic rings. The van der Waals surface area contributed by atoms with Crippen LogP contribution in [0.5, 0.6) is 0 Å². The highest BCUT2D eigenvalue weighted by molar-refractivity contribution is 8.00. The summed E-state index contributed by atoms with van der Waals surface area (Å²) in [4.78, 5) is 15.7. The van der Waals surface area contributed by atoms with Crippen LogP contribution in [0.15, 0.2) is 12.4 Å². The van der Waals surface area contributed by atoms with Gasteiger partial charge in [0.2, 0.25) is 0 Å². The molecule has 1 saturated heterocycles. The van der Waals surface area contributed by atoms with Crippen LogP contribution in [0.3, 0.4) is 0 Å². The Morgan fingerprint density at radius 2 is 2.54 bits per heavy atom. The van der Waals surface area contributed by atoms with Gasteiger partial charge in [-0.15, -0.1) is 0 Å². The minimum atomic E-state index is 0.293. The van der Waals surface area contributed by atoms with E-state index >= 15 is 0 Å². The fourth-order valence-corrected chi connectivity index (χ4v) is 2.13. The molecule has 4 heteroatoms. The molecule has 0 atom stereocenters. The van der Waals surface area contributed by atoms with Crippen molar-refractivity contribution in [3.63, 3.8) is 0 Å². The number of hydrogen-bond acceptors (Lipinski definition) is 3. The molecule has 0 unspecified atom stereocenters. The largest absolute Gasteiger partial charge is 0.338 e. The summed E-state index contributed by atoms with van der Waals surface area (Å²) < 4.78 is 1.91. The number of ketones is 1. The summed E-state index contributed by atoms with van der Waals surface area (Å²) in [5.74, 6) is 3.52. The first-order chi connectivity index (χ1) is 6.27. The van der Waals surface area contributed by atoms with Gasteiger partial charge in [0.1, 0.15) is 11.6 Å². The van der Waals surface area contributed by atoms with Gasteiger partial charge in [-0.1, -0.05) is 0 Å². The Morgan fingerprint density at radius 3 is 3.00 bits per heavy atom. The zero-order valence-electron chi connectivity index (χ0n) is 7.56. The van der Waals surface area contributed by atoms with Gasteiger partial charge in [-0.25, -0.2) is 4.98 Å². The van der Waals surface area contributed by atoms with Crippen LogP contribution in [0.4, 0.5) is 0 Å². The first-order valence-electron chi connectivity index (χ1n) is 4.34. The normalized spacial score (nSPS) is 17.0. The van der Waals surface area contributed by atoms with Gasteiger partial charge in [0, 0.05) is 36.9 Å². The lowest BCUT2D eigenvalue weighted by Gasteiger charge is -2.22. The molecule has 1 aliphatic heterocycles. The van der Waals surface area contributed by atoms with Crippen molar-refractivity contribution in [2.24, 2.45) is 13.0 Å². The monoisotopic (exact) mass is 196 g/mol. The molecule has 13 heavy (non-hydrogen) atoms. The van der Waals surface area contributed by atoms with E-state index in [0.29, 0.717) is 18.1 Å². The number of aromatic nitrogens is 2. The average Bonchev–Trinajstić information content (AvgIpc) is 2.32. The molecule has 0 N–H and O–H groups in total. The molecule has 1 aromatic heterocycles. The molecular formula is C9H12N2OS. The van der Waals surface area contributed by atoms with E-state index in [1.54, 1.807) is 6.20 Å². The van der Waals surface area contributed by atoms with Crippen molar-refractivity contribution in [3.05, 3.63) is 18.2 Å². The molecule has 1 fully saturated rings. The number of aryl methyl sites for hydroxylation is 1. The van der Waals surface area contributed by atoms with Crippen LogP contribution in [0, 0.1) is 5.92 Å². The van der Waals surface area contributed by atoms with Gasteiger partial charge in [-0.3, -0.25) is 4.79 Å². The molecule has 3 nitrogen and oxygen atoms in total. The lowest BCUT2D eigenvalue weighted by molar-refractivity contribution is -0.121. The SMILES string of the molecule is Cn1ccnc1CC(=O)C1CSC1. The predicted octanol–water partition coefficient (Wildman–Crippen LogP) is 0.895. The maximum Gasteiger partial charge on any atom is 0.145 e. The molecule has 0 radical (unpaired) electrons. The van der Waals surface area contributed by atoms with Gasteiger partial charge >= 0.3 is 0 Å². The van der Waals surface area contributed by atoms with E-state index in [-0.39, 0.29) is 0 Å². The Kier molecular flexibility index (Phi) is 2.40. The Morgan fingerprint density at radius 1 is 1.77 bits per heavy atom.